The maximum absolute atomic E-state index is 5.51. The van der Waals surface area contributed by atoms with Crippen molar-refractivity contribution >= 4 is 32.4 Å². The van der Waals surface area contributed by atoms with E-state index < -0.39 is 0 Å². The minimum absolute atomic E-state index is 0.671. The Bertz CT molecular complexity index is 739. The second kappa shape index (κ2) is 5.46. The van der Waals surface area contributed by atoms with Crippen LogP contribution < -0.4 is 10.1 Å². The number of pyridine rings is 1. The number of nitrogens with one attached hydrogen (secondary N) is 1. The lowest BCUT2D eigenvalue weighted by molar-refractivity contribution is 0.341. The molecule has 0 saturated heterocycles. The Balaban J connectivity index is 1.89. The molecule has 1 aromatic carbocycles. The number of aromatic nitrogens is 2. The second-order valence-electron chi connectivity index (χ2n) is 4.46. The highest BCUT2D eigenvalue weighted by Gasteiger charge is 2.06. The van der Waals surface area contributed by atoms with Gasteiger partial charge in [0.1, 0.15) is 5.75 Å². The third kappa shape index (κ3) is 2.72. The largest absolute Gasteiger partial charge is 0.494 e. The van der Waals surface area contributed by atoms with Gasteiger partial charge in [0.2, 0.25) is 0 Å². The fourth-order valence-corrected chi connectivity index (χ4v) is 2.88. The van der Waals surface area contributed by atoms with Crippen LogP contribution in [0.4, 0.5) is 10.8 Å². The zero-order valence-electron chi connectivity index (χ0n) is 11.4. The normalized spacial score (nSPS) is 10.7. The number of aryl methyl sites for hydroxylation is 1. The minimum Gasteiger partial charge on any atom is -0.494 e. The van der Waals surface area contributed by atoms with Crippen molar-refractivity contribution in [3.8, 4) is 5.75 Å². The van der Waals surface area contributed by atoms with Crippen LogP contribution in [0.2, 0.25) is 0 Å². The van der Waals surface area contributed by atoms with Gasteiger partial charge in [0.05, 0.1) is 28.7 Å². The Morgan fingerprint density at radius 1 is 1.25 bits per heavy atom. The van der Waals surface area contributed by atoms with Crippen molar-refractivity contribution in [2.24, 2.45) is 0 Å². The van der Waals surface area contributed by atoms with Crippen molar-refractivity contribution in [2.45, 2.75) is 13.8 Å². The van der Waals surface area contributed by atoms with Crippen molar-refractivity contribution in [2.75, 3.05) is 11.9 Å². The lowest BCUT2D eigenvalue weighted by Gasteiger charge is -2.01. The standard InChI is InChI=1S/C15H15N3OS/c1-3-19-12-4-5-13-14(7-12)20-15(18-13)17-11-6-10(2)8-16-9-11/h4-9H,3H2,1-2H3,(H,17,18). The van der Waals surface area contributed by atoms with Gasteiger partial charge >= 0.3 is 0 Å². The molecule has 0 saturated carbocycles. The molecule has 3 aromatic rings. The second-order valence-corrected chi connectivity index (χ2v) is 5.49. The number of anilines is 2. The molecule has 0 spiro atoms. The third-order valence-corrected chi connectivity index (χ3v) is 3.73. The summed E-state index contributed by atoms with van der Waals surface area (Å²) in [5.41, 5.74) is 3.05. The molecular formula is C15H15N3OS. The Morgan fingerprint density at radius 2 is 2.15 bits per heavy atom. The lowest BCUT2D eigenvalue weighted by atomic mass is 10.3. The smallest absolute Gasteiger partial charge is 0.188 e. The Hall–Kier alpha value is -2.14. The molecule has 102 valence electrons. The predicted molar refractivity (Wildman–Crippen MR) is 83.0 cm³/mol. The molecule has 0 aliphatic heterocycles. The molecule has 20 heavy (non-hydrogen) atoms. The highest BCUT2D eigenvalue weighted by atomic mass is 32.1. The Labute approximate surface area is 121 Å². The third-order valence-electron chi connectivity index (χ3n) is 2.80. The van der Waals surface area contributed by atoms with E-state index in [2.05, 4.69) is 15.3 Å². The molecule has 0 radical (unpaired) electrons. The monoisotopic (exact) mass is 285 g/mol. The number of hydrogen-bond donors (Lipinski definition) is 1. The van der Waals surface area contributed by atoms with Gasteiger partial charge in [-0.2, -0.15) is 0 Å². The van der Waals surface area contributed by atoms with E-state index in [1.165, 1.54) is 0 Å². The molecule has 5 heteroatoms. The molecular weight excluding hydrogens is 270 g/mol. The number of ether oxygens (including phenoxy) is 1. The van der Waals surface area contributed by atoms with Crippen molar-refractivity contribution < 1.29 is 4.74 Å². The van der Waals surface area contributed by atoms with Gasteiger partial charge in [-0.15, -0.1) is 0 Å². The fraction of sp³-hybridized carbons (Fsp3) is 0.200. The number of nitrogens with zero attached hydrogens (tertiary/aromatic N) is 2. The summed E-state index contributed by atoms with van der Waals surface area (Å²) in [6.45, 7) is 4.67. The Kier molecular flexibility index (Phi) is 3.52. The summed E-state index contributed by atoms with van der Waals surface area (Å²) in [4.78, 5) is 8.73. The summed E-state index contributed by atoms with van der Waals surface area (Å²) in [6, 6.07) is 8.00. The van der Waals surface area contributed by atoms with Crippen molar-refractivity contribution in [3.05, 3.63) is 42.2 Å². The number of rotatable bonds is 4. The van der Waals surface area contributed by atoms with Crippen LogP contribution in [0.1, 0.15) is 12.5 Å². The van der Waals surface area contributed by atoms with E-state index in [9.17, 15) is 0 Å². The van der Waals surface area contributed by atoms with E-state index in [0.29, 0.717) is 6.61 Å². The molecule has 4 nitrogen and oxygen atoms in total. The van der Waals surface area contributed by atoms with Crippen LogP contribution >= 0.6 is 11.3 Å². The molecule has 0 unspecified atom stereocenters. The van der Waals surface area contributed by atoms with E-state index >= 15 is 0 Å². The highest BCUT2D eigenvalue weighted by Crippen LogP contribution is 2.30. The maximum Gasteiger partial charge on any atom is 0.188 e. The average Bonchev–Trinajstić information content (AvgIpc) is 2.80. The summed E-state index contributed by atoms with van der Waals surface area (Å²) in [6.07, 6.45) is 3.63. The van der Waals surface area contributed by atoms with Crippen LogP contribution in [0, 0.1) is 6.92 Å². The van der Waals surface area contributed by atoms with E-state index in [1.54, 1.807) is 17.5 Å². The number of thiazole rings is 1. The van der Waals surface area contributed by atoms with Crippen LogP contribution in [0.25, 0.3) is 10.2 Å². The topological polar surface area (TPSA) is 47.0 Å². The first-order valence-corrected chi connectivity index (χ1v) is 7.28. The van der Waals surface area contributed by atoms with Gasteiger partial charge in [0.25, 0.3) is 0 Å². The molecule has 0 atom stereocenters. The molecule has 0 amide bonds. The van der Waals surface area contributed by atoms with E-state index in [-0.39, 0.29) is 0 Å². The molecule has 2 aromatic heterocycles. The summed E-state index contributed by atoms with van der Waals surface area (Å²) < 4.78 is 6.62. The molecule has 3 rings (SSSR count). The van der Waals surface area contributed by atoms with Crippen LogP contribution in [0.15, 0.2) is 36.7 Å². The summed E-state index contributed by atoms with van der Waals surface area (Å²) >= 11 is 1.61. The van der Waals surface area contributed by atoms with Crippen LogP contribution in [-0.4, -0.2) is 16.6 Å². The first-order valence-electron chi connectivity index (χ1n) is 6.46. The summed E-state index contributed by atoms with van der Waals surface area (Å²) in [7, 11) is 0. The van der Waals surface area contributed by atoms with Crippen LogP contribution in [0.3, 0.4) is 0 Å². The SMILES string of the molecule is CCOc1ccc2nc(Nc3cncc(C)c3)sc2c1. The van der Waals surface area contributed by atoms with Gasteiger partial charge in [-0.3, -0.25) is 4.98 Å². The molecule has 0 aliphatic rings. The molecule has 0 bridgehead atoms. The summed E-state index contributed by atoms with van der Waals surface area (Å²) in [5, 5.41) is 4.15. The van der Waals surface area contributed by atoms with Crippen molar-refractivity contribution in [1.82, 2.24) is 9.97 Å². The quantitative estimate of drug-likeness (QED) is 0.782. The van der Waals surface area contributed by atoms with Gasteiger partial charge in [0.15, 0.2) is 5.13 Å². The zero-order valence-corrected chi connectivity index (χ0v) is 12.2. The molecule has 1 N–H and O–H groups in total. The number of benzene rings is 1. The Morgan fingerprint density at radius 3 is 2.95 bits per heavy atom. The minimum atomic E-state index is 0.671. The summed E-state index contributed by atoms with van der Waals surface area (Å²) in [5.74, 6) is 0.882. The highest BCUT2D eigenvalue weighted by molar-refractivity contribution is 7.22. The maximum atomic E-state index is 5.51. The molecule has 2 heterocycles. The molecule has 0 aliphatic carbocycles. The lowest BCUT2D eigenvalue weighted by Crippen LogP contribution is -1.90. The van der Waals surface area contributed by atoms with Gasteiger partial charge in [-0.1, -0.05) is 11.3 Å². The fourth-order valence-electron chi connectivity index (χ4n) is 1.96. The van der Waals surface area contributed by atoms with Gasteiger partial charge in [-0.25, -0.2) is 4.98 Å². The number of fused-ring (bicyclic) bond motifs is 1. The zero-order chi connectivity index (χ0) is 13.9. The van der Waals surface area contributed by atoms with E-state index in [0.717, 1.165) is 32.3 Å². The first-order chi connectivity index (χ1) is 9.74. The first kappa shape index (κ1) is 12.9. The predicted octanol–water partition coefficient (Wildman–Crippen LogP) is 4.14. The van der Waals surface area contributed by atoms with Crippen LogP contribution in [-0.2, 0) is 0 Å². The van der Waals surface area contributed by atoms with Gasteiger partial charge in [-0.05, 0) is 43.7 Å². The van der Waals surface area contributed by atoms with Crippen LogP contribution in [0.5, 0.6) is 5.75 Å². The average molecular weight is 285 g/mol. The van der Waals surface area contributed by atoms with Gasteiger partial charge in [0, 0.05) is 6.20 Å². The molecule has 0 fully saturated rings. The van der Waals surface area contributed by atoms with Crippen molar-refractivity contribution in [1.29, 1.82) is 0 Å². The van der Waals surface area contributed by atoms with E-state index in [1.807, 2.05) is 44.3 Å². The van der Waals surface area contributed by atoms with E-state index in [4.69, 9.17) is 4.74 Å². The van der Waals surface area contributed by atoms with Crippen molar-refractivity contribution in [3.63, 3.8) is 0 Å². The van der Waals surface area contributed by atoms with Gasteiger partial charge < -0.3 is 10.1 Å². The number of hydrogen-bond acceptors (Lipinski definition) is 5.